The zero-order valence-electron chi connectivity index (χ0n) is 11.9. The standard InChI is InChI=1S/C16H18BrClN2/c1-11-8-14(20(2)3)5-7-16(11)19-10-12-9-13(17)4-6-15(12)18/h4-9,19H,10H2,1-3H3. The quantitative estimate of drug-likeness (QED) is 0.823. The number of aryl methyl sites for hydroxylation is 1. The fourth-order valence-corrected chi connectivity index (χ4v) is 2.59. The first-order valence-corrected chi connectivity index (χ1v) is 7.60. The fraction of sp³-hybridized carbons (Fsp3) is 0.250. The zero-order chi connectivity index (χ0) is 14.7. The van der Waals surface area contributed by atoms with Gasteiger partial charge in [0.2, 0.25) is 0 Å². The topological polar surface area (TPSA) is 15.3 Å². The third-order valence-electron chi connectivity index (χ3n) is 3.20. The average molecular weight is 354 g/mol. The molecule has 2 rings (SSSR count). The number of halogens is 2. The summed E-state index contributed by atoms with van der Waals surface area (Å²) in [5.74, 6) is 0. The Morgan fingerprint density at radius 2 is 1.90 bits per heavy atom. The van der Waals surface area contributed by atoms with Gasteiger partial charge in [-0.15, -0.1) is 0 Å². The molecular formula is C16H18BrClN2. The molecule has 106 valence electrons. The highest BCUT2D eigenvalue weighted by atomic mass is 79.9. The summed E-state index contributed by atoms with van der Waals surface area (Å²) in [5, 5.41) is 4.22. The molecule has 0 fully saturated rings. The van der Waals surface area contributed by atoms with Gasteiger partial charge in [0.15, 0.2) is 0 Å². The molecule has 20 heavy (non-hydrogen) atoms. The van der Waals surface area contributed by atoms with E-state index in [1.807, 2.05) is 32.3 Å². The summed E-state index contributed by atoms with van der Waals surface area (Å²) in [5.41, 5.74) is 4.64. The minimum Gasteiger partial charge on any atom is -0.381 e. The SMILES string of the molecule is Cc1cc(N(C)C)ccc1NCc1cc(Br)ccc1Cl. The molecule has 0 unspecified atom stereocenters. The van der Waals surface area contributed by atoms with Gasteiger partial charge in [-0.25, -0.2) is 0 Å². The van der Waals surface area contributed by atoms with Crippen LogP contribution in [0.3, 0.4) is 0 Å². The van der Waals surface area contributed by atoms with Gasteiger partial charge < -0.3 is 10.2 Å². The number of rotatable bonds is 4. The van der Waals surface area contributed by atoms with Crippen LogP contribution >= 0.6 is 27.5 Å². The number of anilines is 2. The Hall–Kier alpha value is -1.19. The molecule has 0 aliphatic heterocycles. The Morgan fingerprint density at radius 3 is 2.55 bits per heavy atom. The zero-order valence-corrected chi connectivity index (χ0v) is 14.2. The van der Waals surface area contributed by atoms with E-state index in [4.69, 9.17) is 11.6 Å². The molecule has 2 aromatic rings. The third kappa shape index (κ3) is 3.68. The highest BCUT2D eigenvalue weighted by Gasteiger charge is 2.04. The average Bonchev–Trinajstić information content (AvgIpc) is 2.40. The number of nitrogens with one attached hydrogen (secondary N) is 1. The van der Waals surface area contributed by atoms with Gasteiger partial charge in [-0.2, -0.15) is 0 Å². The van der Waals surface area contributed by atoms with Crippen LogP contribution in [0, 0.1) is 6.92 Å². The smallest absolute Gasteiger partial charge is 0.0456 e. The Balaban J connectivity index is 2.13. The number of benzene rings is 2. The molecular weight excluding hydrogens is 336 g/mol. The third-order valence-corrected chi connectivity index (χ3v) is 4.07. The summed E-state index contributed by atoms with van der Waals surface area (Å²) >= 11 is 9.67. The second-order valence-corrected chi connectivity index (χ2v) is 6.31. The molecule has 1 N–H and O–H groups in total. The lowest BCUT2D eigenvalue weighted by Gasteiger charge is -2.16. The first-order valence-electron chi connectivity index (χ1n) is 6.43. The predicted octanol–water partition coefficient (Wildman–Crippen LogP) is 5.09. The molecule has 4 heteroatoms. The highest BCUT2D eigenvalue weighted by Crippen LogP contribution is 2.25. The highest BCUT2D eigenvalue weighted by molar-refractivity contribution is 9.10. The Kier molecular flexibility index (Phi) is 4.95. The molecule has 0 atom stereocenters. The minimum atomic E-state index is 0.709. The monoisotopic (exact) mass is 352 g/mol. The molecule has 2 aromatic carbocycles. The lowest BCUT2D eigenvalue weighted by Crippen LogP contribution is -2.09. The van der Waals surface area contributed by atoms with Gasteiger partial charge in [-0.05, 0) is 54.4 Å². The van der Waals surface area contributed by atoms with Crippen molar-refractivity contribution in [1.82, 2.24) is 0 Å². The van der Waals surface area contributed by atoms with Gasteiger partial charge in [0.05, 0.1) is 0 Å². The molecule has 2 nitrogen and oxygen atoms in total. The van der Waals surface area contributed by atoms with Crippen LogP contribution in [0.25, 0.3) is 0 Å². The lowest BCUT2D eigenvalue weighted by molar-refractivity contribution is 1.11. The van der Waals surface area contributed by atoms with E-state index < -0.39 is 0 Å². The molecule has 0 bridgehead atoms. The predicted molar refractivity (Wildman–Crippen MR) is 92.0 cm³/mol. The maximum absolute atomic E-state index is 6.20. The van der Waals surface area contributed by atoms with Gasteiger partial charge >= 0.3 is 0 Å². The van der Waals surface area contributed by atoms with E-state index in [0.29, 0.717) is 6.54 Å². The van der Waals surface area contributed by atoms with E-state index in [0.717, 1.165) is 20.7 Å². The van der Waals surface area contributed by atoms with Crippen molar-refractivity contribution >= 4 is 38.9 Å². The molecule has 0 spiro atoms. The van der Waals surface area contributed by atoms with Crippen molar-refractivity contribution in [2.75, 3.05) is 24.3 Å². The van der Waals surface area contributed by atoms with Gasteiger partial charge in [0.1, 0.15) is 0 Å². The second-order valence-electron chi connectivity index (χ2n) is 4.98. The van der Waals surface area contributed by atoms with Crippen molar-refractivity contribution in [3.05, 3.63) is 57.0 Å². The van der Waals surface area contributed by atoms with Crippen LogP contribution < -0.4 is 10.2 Å². The van der Waals surface area contributed by atoms with E-state index in [1.54, 1.807) is 0 Å². The Bertz CT molecular complexity index is 611. The van der Waals surface area contributed by atoms with E-state index in [2.05, 4.69) is 51.3 Å². The van der Waals surface area contributed by atoms with E-state index >= 15 is 0 Å². The van der Waals surface area contributed by atoms with Crippen LogP contribution in [0.4, 0.5) is 11.4 Å². The van der Waals surface area contributed by atoms with Crippen molar-refractivity contribution in [1.29, 1.82) is 0 Å². The van der Waals surface area contributed by atoms with Crippen molar-refractivity contribution in [2.24, 2.45) is 0 Å². The minimum absolute atomic E-state index is 0.709. The van der Waals surface area contributed by atoms with Gasteiger partial charge in [-0.1, -0.05) is 27.5 Å². The van der Waals surface area contributed by atoms with E-state index in [-0.39, 0.29) is 0 Å². The molecule has 0 saturated carbocycles. The molecule has 0 saturated heterocycles. The Morgan fingerprint density at radius 1 is 1.15 bits per heavy atom. The van der Waals surface area contributed by atoms with Crippen LogP contribution in [0.15, 0.2) is 40.9 Å². The number of hydrogen-bond donors (Lipinski definition) is 1. The first-order chi connectivity index (χ1) is 9.47. The van der Waals surface area contributed by atoms with Crippen molar-refractivity contribution in [2.45, 2.75) is 13.5 Å². The van der Waals surface area contributed by atoms with Crippen LogP contribution in [-0.4, -0.2) is 14.1 Å². The van der Waals surface area contributed by atoms with Crippen LogP contribution in [0.1, 0.15) is 11.1 Å². The summed E-state index contributed by atoms with van der Waals surface area (Å²) in [6.45, 7) is 2.82. The lowest BCUT2D eigenvalue weighted by atomic mass is 10.1. The number of hydrogen-bond acceptors (Lipinski definition) is 2. The molecule has 0 aliphatic rings. The number of nitrogens with zero attached hydrogens (tertiary/aromatic N) is 1. The molecule has 0 aromatic heterocycles. The van der Waals surface area contributed by atoms with Crippen molar-refractivity contribution in [3.8, 4) is 0 Å². The van der Waals surface area contributed by atoms with E-state index in [9.17, 15) is 0 Å². The largest absolute Gasteiger partial charge is 0.381 e. The normalized spacial score (nSPS) is 10.4. The maximum atomic E-state index is 6.20. The van der Waals surface area contributed by atoms with Crippen molar-refractivity contribution in [3.63, 3.8) is 0 Å². The molecule has 0 heterocycles. The summed E-state index contributed by atoms with van der Waals surface area (Å²) in [6.07, 6.45) is 0. The molecule has 0 aliphatic carbocycles. The second kappa shape index (κ2) is 6.51. The molecule has 0 radical (unpaired) electrons. The summed E-state index contributed by atoms with van der Waals surface area (Å²) in [7, 11) is 4.09. The Labute approximate surface area is 133 Å². The summed E-state index contributed by atoms with van der Waals surface area (Å²) in [6, 6.07) is 12.3. The van der Waals surface area contributed by atoms with Crippen LogP contribution in [0.5, 0.6) is 0 Å². The molecule has 0 amide bonds. The van der Waals surface area contributed by atoms with Crippen LogP contribution in [0.2, 0.25) is 5.02 Å². The van der Waals surface area contributed by atoms with Gasteiger partial charge in [0.25, 0.3) is 0 Å². The summed E-state index contributed by atoms with van der Waals surface area (Å²) < 4.78 is 1.04. The van der Waals surface area contributed by atoms with Crippen molar-refractivity contribution < 1.29 is 0 Å². The maximum Gasteiger partial charge on any atom is 0.0456 e. The van der Waals surface area contributed by atoms with E-state index in [1.165, 1.54) is 11.3 Å². The first kappa shape index (κ1) is 15.2. The van der Waals surface area contributed by atoms with Crippen LogP contribution in [-0.2, 0) is 6.54 Å². The van der Waals surface area contributed by atoms with Gasteiger partial charge in [0, 0.05) is 41.5 Å². The van der Waals surface area contributed by atoms with Gasteiger partial charge in [-0.3, -0.25) is 0 Å². The summed E-state index contributed by atoms with van der Waals surface area (Å²) in [4.78, 5) is 2.10. The fourth-order valence-electron chi connectivity index (χ4n) is 1.99.